The molecule has 1 unspecified atom stereocenters. The molecule has 0 spiro atoms. The standard InChI is InChI=1S/C21H22N4O2S2/c1-4-27-19(26)17-14(3)22-20-23-21(29-12-15-8-5-7-13(2)11-15)24-25(20)18(17)16-9-6-10-28-16/h5-11,18H,4,12H2,1-3H3,(H,22,23,24). The summed E-state index contributed by atoms with van der Waals surface area (Å²) in [6.45, 7) is 6.10. The number of nitrogens with zero attached hydrogens (tertiary/aromatic N) is 3. The number of benzene rings is 1. The summed E-state index contributed by atoms with van der Waals surface area (Å²) in [6, 6.07) is 12.1. The molecule has 29 heavy (non-hydrogen) atoms. The highest BCUT2D eigenvalue weighted by Gasteiger charge is 2.35. The largest absolute Gasteiger partial charge is 0.463 e. The van der Waals surface area contributed by atoms with Crippen LogP contribution in [0, 0.1) is 6.92 Å². The lowest BCUT2D eigenvalue weighted by atomic mass is 10.0. The molecule has 0 aliphatic carbocycles. The first-order valence-electron chi connectivity index (χ1n) is 9.40. The zero-order valence-electron chi connectivity index (χ0n) is 16.5. The monoisotopic (exact) mass is 426 g/mol. The normalized spacial score (nSPS) is 15.8. The molecule has 3 aromatic rings. The maximum absolute atomic E-state index is 12.7. The molecule has 0 saturated heterocycles. The van der Waals surface area contributed by atoms with Crippen LogP contribution in [0.5, 0.6) is 0 Å². The number of hydrogen-bond acceptors (Lipinski definition) is 7. The van der Waals surface area contributed by atoms with Crippen LogP contribution >= 0.6 is 23.1 Å². The van der Waals surface area contributed by atoms with E-state index in [1.807, 2.05) is 31.4 Å². The summed E-state index contributed by atoms with van der Waals surface area (Å²) >= 11 is 3.17. The number of aromatic nitrogens is 3. The quantitative estimate of drug-likeness (QED) is 0.451. The number of nitrogens with one attached hydrogen (secondary N) is 1. The lowest BCUT2D eigenvalue weighted by Crippen LogP contribution is -2.29. The summed E-state index contributed by atoms with van der Waals surface area (Å²) in [6.07, 6.45) is 0. The van der Waals surface area contributed by atoms with Crippen LogP contribution in [-0.4, -0.2) is 27.3 Å². The SMILES string of the molecule is CCOC(=O)C1=C(C)Nc2nc(SCc3cccc(C)c3)nn2C1c1cccs1. The molecule has 0 amide bonds. The van der Waals surface area contributed by atoms with Gasteiger partial charge in [-0.3, -0.25) is 0 Å². The van der Waals surface area contributed by atoms with Gasteiger partial charge in [0.1, 0.15) is 6.04 Å². The molecule has 1 aromatic carbocycles. The van der Waals surface area contributed by atoms with Crippen molar-refractivity contribution in [2.24, 2.45) is 0 Å². The van der Waals surface area contributed by atoms with Crippen LogP contribution < -0.4 is 5.32 Å². The van der Waals surface area contributed by atoms with Crippen LogP contribution in [0.25, 0.3) is 0 Å². The fraction of sp³-hybridized carbons (Fsp3) is 0.286. The van der Waals surface area contributed by atoms with E-state index in [1.54, 1.807) is 27.8 Å². The van der Waals surface area contributed by atoms with Crippen molar-refractivity contribution < 1.29 is 9.53 Å². The van der Waals surface area contributed by atoms with E-state index in [2.05, 4.69) is 41.5 Å². The number of aryl methyl sites for hydroxylation is 1. The van der Waals surface area contributed by atoms with Crippen LogP contribution in [0.3, 0.4) is 0 Å². The minimum atomic E-state index is -0.342. The molecule has 1 N–H and O–H groups in total. The Labute approximate surface area is 178 Å². The van der Waals surface area contributed by atoms with E-state index in [0.717, 1.165) is 16.3 Å². The Kier molecular flexibility index (Phi) is 5.73. The molecule has 3 heterocycles. The number of rotatable bonds is 6. The average Bonchev–Trinajstić information content (AvgIpc) is 3.35. The predicted octanol–water partition coefficient (Wildman–Crippen LogP) is 4.79. The molecule has 2 aromatic heterocycles. The van der Waals surface area contributed by atoms with Gasteiger partial charge in [-0.1, -0.05) is 47.7 Å². The number of hydrogen-bond donors (Lipinski definition) is 1. The van der Waals surface area contributed by atoms with Gasteiger partial charge < -0.3 is 10.1 Å². The Morgan fingerprint density at radius 3 is 2.90 bits per heavy atom. The second kappa shape index (κ2) is 8.42. The summed E-state index contributed by atoms with van der Waals surface area (Å²) < 4.78 is 7.11. The maximum atomic E-state index is 12.7. The van der Waals surface area contributed by atoms with Gasteiger partial charge in [0.25, 0.3) is 0 Å². The molecule has 4 rings (SSSR count). The van der Waals surface area contributed by atoms with Crippen molar-refractivity contribution in [1.82, 2.24) is 14.8 Å². The Bertz CT molecular complexity index is 1060. The minimum Gasteiger partial charge on any atom is -0.463 e. The first kappa shape index (κ1) is 19.7. The van der Waals surface area contributed by atoms with Crippen molar-refractivity contribution in [1.29, 1.82) is 0 Å². The molecule has 0 bridgehead atoms. The van der Waals surface area contributed by atoms with Crippen molar-refractivity contribution in [3.05, 3.63) is 69.1 Å². The number of anilines is 1. The predicted molar refractivity (Wildman–Crippen MR) is 116 cm³/mol. The second-order valence-electron chi connectivity index (χ2n) is 6.74. The number of thiophene rings is 1. The van der Waals surface area contributed by atoms with Gasteiger partial charge in [0.15, 0.2) is 0 Å². The zero-order chi connectivity index (χ0) is 20.4. The van der Waals surface area contributed by atoms with Gasteiger partial charge in [0, 0.05) is 16.3 Å². The number of thioether (sulfide) groups is 1. The fourth-order valence-corrected chi connectivity index (χ4v) is 4.92. The molecule has 0 saturated carbocycles. The van der Waals surface area contributed by atoms with E-state index >= 15 is 0 Å². The van der Waals surface area contributed by atoms with E-state index in [-0.39, 0.29) is 12.0 Å². The minimum absolute atomic E-state index is 0.328. The van der Waals surface area contributed by atoms with Gasteiger partial charge in [-0.15, -0.1) is 16.4 Å². The number of carbonyl (C=O) groups excluding carboxylic acids is 1. The summed E-state index contributed by atoms with van der Waals surface area (Å²) in [4.78, 5) is 18.4. The molecular weight excluding hydrogens is 404 g/mol. The van der Waals surface area contributed by atoms with Crippen LogP contribution in [0.4, 0.5) is 5.95 Å². The van der Waals surface area contributed by atoms with E-state index in [0.29, 0.717) is 23.3 Å². The van der Waals surface area contributed by atoms with Crippen molar-refractivity contribution in [2.75, 3.05) is 11.9 Å². The highest BCUT2D eigenvalue weighted by Crippen LogP contribution is 2.38. The summed E-state index contributed by atoms with van der Waals surface area (Å²) in [5, 5.41) is 10.6. The third kappa shape index (κ3) is 4.09. The Morgan fingerprint density at radius 2 is 2.17 bits per heavy atom. The van der Waals surface area contributed by atoms with Crippen LogP contribution in [0.1, 0.15) is 35.9 Å². The van der Waals surface area contributed by atoms with Gasteiger partial charge in [0.2, 0.25) is 11.1 Å². The van der Waals surface area contributed by atoms with E-state index in [9.17, 15) is 4.79 Å². The summed E-state index contributed by atoms with van der Waals surface area (Å²) in [7, 11) is 0. The molecule has 1 aliphatic rings. The first-order valence-corrected chi connectivity index (χ1v) is 11.3. The number of fused-ring (bicyclic) bond motifs is 1. The summed E-state index contributed by atoms with van der Waals surface area (Å²) in [5.74, 6) is 1.10. The number of ether oxygens (including phenoxy) is 1. The average molecular weight is 427 g/mol. The third-order valence-corrected chi connectivity index (χ3v) is 6.43. The van der Waals surface area contributed by atoms with Crippen LogP contribution in [0.15, 0.2) is 58.2 Å². The lowest BCUT2D eigenvalue weighted by Gasteiger charge is -2.26. The Balaban J connectivity index is 1.65. The molecule has 6 nitrogen and oxygen atoms in total. The lowest BCUT2D eigenvalue weighted by molar-refractivity contribution is -0.139. The summed E-state index contributed by atoms with van der Waals surface area (Å²) in [5.41, 5.74) is 3.78. The van der Waals surface area contributed by atoms with Crippen molar-refractivity contribution in [2.45, 2.75) is 37.7 Å². The molecule has 8 heteroatoms. The molecule has 0 radical (unpaired) electrons. The third-order valence-electron chi connectivity index (χ3n) is 4.59. The Hall–Kier alpha value is -2.58. The number of allylic oxidation sites excluding steroid dienone is 1. The van der Waals surface area contributed by atoms with Gasteiger partial charge in [-0.25, -0.2) is 9.48 Å². The molecule has 1 atom stereocenters. The zero-order valence-corrected chi connectivity index (χ0v) is 18.1. The molecular formula is C21H22N4O2S2. The van der Waals surface area contributed by atoms with E-state index in [1.165, 1.54) is 11.1 Å². The first-order chi connectivity index (χ1) is 14.1. The van der Waals surface area contributed by atoms with Crippen molar-refractivity contribution >= 4 is 35.0 Å². The molecule has 1 aliphatic heterocycles. The molecule has 150 valence electrons. The van der Waals surface area contributed by atoms with Gasteiger partial charge >= 0.3 is 5.97 Å². The maximum Gasteiger partial charge on any atom is 0.338 e. The van der Waals surface area contributed by atoms with E-state index < -0.39 is 0 Å². The highest BCUT2D eigenvalue weighted by molar-refractivity contribution is 7.98. The Morgan fingerprint density at radius 1 is 1.31 bits per heavy atom. The highest BCUT2D eigenvalue weighted by atomic mass is 32.2. The van der Waals surface area contributed by atoms with Gasteiger partial charge in [-0.2, -0.15) is 4.98 Å². The number of carbonyl (C=O) groups is 1. The fourth-order valence-electron chi connectivity index (χ4n) is 3.33. The van der Waals surface area contributed by atoms with Gasteiger partial charge in [-0.05, 0) is 37.8 Å². The van der Waals surface area contributed by atoms with Crippen LogP contribution in [0.2, 0.25) is 0 Å². The van der Waals surface area contributed by atoms with Gasteiger partial charge in [0.05, 0.1) is 12.2 Å². The topological polar surface area (TPSA) is 69.0 Å². The van der Waals surface area contributed by atoms with Crippen molar-refractivity contribution in [3.8, 4) is 0 Å². The smallest absolute Gasteiger partial charge is 0.338 e. The number of esters is 1. The van der Waals surface area contributed by atoms with Crippen LogP contribution in [-0.2, 0) is 15.3 Å². The van der Waals surface area contributed by atoms with Crippen molar-refractivity contribution in [3.63, 3.8) is 0 Å². The molecule has 0 fully saturated rings. The second-order valence-corrected chi connectivity index (χ2v) is 8.66. The van der Waals surface area contributed by atoms with E-state index in [4.69, 9.17) is 9.84 Å².